The fourth-order valence-electron chi connectivity index (χ4n) is 1.20. The van der Waals surface area contributed by atoms with Crippen LogP contribution >= 0.6 is 0 Å². The van der Waals surface area contributed by atoms with Gasteiger partial charge in [-0.05, 0) is 6.07 Å². The molecule has 0 aromatic heterocycles. The molecule has 63 valence electrons. The molecule has 1 aromatic carbocycles. The summed E-state index contributed by atoms with van der Waals surface area (Å²) >= 11 is 0. The second kappa shape index (κ2) is 3.23. The second-order valence-electron chi connectivity index (χ2n) is 2.60. The fourth-order valence-corrected chi connectivity index (χ4v) is 1.20. The molecule has 0 unspecified atom stereocenters. The molecular weight excluding hydrogens is 164 g/mol. The first kappa shape index (κ1) is 7.73. The first-order valence-electron chi connectivity index (χ1n) is 3.88. The minimum atomic E-state index is 0.801. The van der Waals surface area contributed by atoms with Crippen LogP contribution < -0.4 is 4.90 Å². The predicted molar refractivity (Wildman–Crippen MR) is 51.3 cm³/mol. The lowest BCUT2D eigenvalue weighted by molar-refractivity contribution is 0.556. The lowest BCUT2D eigenvalue weighted by atomic mass is 10.2. The Hall–Kier alpha value is -1.90. The van der Waals surface area contributed by atoms with Gasteiger partial charge in [-0.1, -0.05) is 18.2 Å². The van der Waals surface area contributed by atoms with Crippen molar-refractivity contribution in [3.8, 4) is 0 Å². The first-order valence-corrected chi connectivity index (χ1v) is 3.88. The Morgan fingerprint density at radius 3 is 3.00 bits per heavy atom. The Kier molecular flexibility index (Phi) is 1.92. The molecule has 1 aromatic rings. The van der Waals surface area contributed by atoms with E-state index >= 15 is 0 Å². The van der Waals surface area contributed by atoms with Gasteiger partial charge < -0.3 is 0 Å². The average molecular weight is 171 g/mol. The number of hydrogen-bond donors (Lipinski definition) is 0. The van der Waals surface area contributed by atoms with E-state index in [1.165, 1.54) is 4.90 Å². The van der Waals surface area contributed by atoms with Crippen LogP contribution in [0.4, 0.5) is 5.69 Å². The molecule has 1 aliphatic heterocycles. The number of hydrogen-bond acceptors (Lipinski definition) is 2. The maximum absolute atomic E-state index is 10.6. The Labute approximate surface area is 76.0 Å². The molecule has 1 heterocycles. The third kappa shape index (κ3) is 1.36. The minimum absolute atomic E-state index is 0.801. The van der Waals surface area contributed by atoms with E-state index in [2.05, 4.69) is 4.99 Å². The molecule has 0 spiro atoms. The molecular formula is C10H7N2O. The summed E-state index contributed by atoms with van der Waals surface area (Å²) < 4.78 is 0. The molecule has 1 amide bonds. The van der Waals surface area contributed by atoms with Crippen molar-refractivity contribution in [2.75, 3.05) is 4.90 Å². The van der Waals surface area contributed by atoms with Gasteiger partial charge in [-0.3, -0.25) is 14.7 Å². The molecule has 1 aliphatic rings. The Morgan fingerprint density at radius 1 is 1.31 bits per heavy atom. The van der Waals surface area contributed by atoms with Crippen molar-refractivity contribution in [3.05, 3.63) is 42.2 Å². The van der Waals surface area contributed by atoms with Crippen molar-refractivity contribution >= 4 is 18.3 Å². The summed E-state index contributed by atoms with van der Waals surface area (Å²) in [5, 5.41) is 0. The molecule has 3 nitrogen and oxygen atoms in total. The number of carbonyl (C=O) groups excluding carboxylic acids is 1. The summed E-state index contributed by atoms with van der Waals surface area (Å²) in [5.74, 6) is 0. The van der Waals surface area contributed by atoms with Gasteiger partial charge >= 0.3 is 6.41 Å². The number of para-hydroxylation sites is 1. The third-order valence-corrected chi connectivity index (χ3v) is 1.81. The van der Waals surface area contributed by atoms with E-state index < -0.39 is 0 Å². The van der Waals surface area contributed by atoms with Gasteiger partial charge in [-0.25, -0.2) is 0 Å². The number of anilines is 1. The zero-order valence-electron chi connectivity index (χ0n) is 6.84. The average Bonchev–Trinajstić information content (AvgIpc) is 2.39. The normalized spacial score (nSPS) is 13.7. The van der Waals surface area contributed by atoms with E-state index in [-0.39, 0.29) is 0 Å². The van der Waals surface area contributed by atoms with Crippen LogP contribution in [-0.2, 0) is 4.79 Å². The van der Waals surface area contributed by atoms with Crippen LogP contribution in [0.1, 0.15) is 5.56 Å². The highest BCUT2D eigenvalue weighted by molar-refractivity contribution is 5.94. The van der Waals surface area contributed by atoms with E-state index in [4.69, 9.17) is 0 Å². The molecule has 2 rings (SSSR count). The van der Waals surface area contributed by atoms with Crippen molar-refractivity contribution in [1.82, 2.24) is 0 Å². The highest BCUT2D eigenvalue weighted by Gasteiger charge is 2.07. The van der Waals surface area contributed by atoms with Gasteiger partial charge in [0.25, 0.3) is 0 Å². The first-order chi connectivity index (χ1) is 6.42. The quantitative estimate of drug-likeness (QED) is 0.629. The number of aliphatic imine (C=N–C) groups is 1. The fraction of sp³-hybridized carbons (Fsp3) is 0. The van der Waals surface area contributed by atoms with Crippen molar-refractivity contribution in [2.24, 2.45) is 4.99 Å². The number of rotatable bonds is 1. The molecule has 1 radical (unpaired) electrons. The zero-order valence-corrected chi connectivity index (χ0v) is 6.84. The van der Waals surface area contributed by atoms with E-state index in [1.54, 1.807) is 18.6 Å². The van der Waals surface area contributed by atoms with Crippen molar-refractivity contribution in [2.45, 2.75) is 0 Å². The van der Waals surface area contributed by atoms with Crippen molar-refractivity contribution < 1.29 is 4.79 Å². The minimum Gasteiger partial charge on any atom is -0.277 e. The van der Waals surface area contributed by atoms with Gasteiger partial charge in [0, 0.05) is 24.2 Å². The van der Waals surface area contributed by atoms with Crippen LogP contribution in [0, 0.1) is 0 Å². The van der Waals surface area contributed by atoms with Crippen LogP contribution in [0.3, 0.4) is 0 Å². The lowest BCUT2D eigenvalue weighted by Crippen LogP contribution is -2.13. The smallest absolute Gasteiger partial charge is 0.277 e. The molecule has 0 saturated heterocycles. The largest absolute Gasteiger partial charge is 0.321 e. The standard InChI is InChI=1S/C10H7N2O/c13-8-12-6-5-11-7-9-3-1-2-4-10(9)12/h1-7H. The van der Waals surface area contributed by atoms with Crippen LogP contribution in [0.25, 0.3) is 0 Å². The molecule has 0 N–H and O–H groups in total. The molecule has 0 bridgehead atoms. The molecule has 0 saturated carbocycles. The van der Waals surface area contributed by atoms with Gasteiger partial charge in [0.15, 0.2) is 0 Å². The van der Waals surface area contributed by atoms with E-state index in [0.29, 0.717) is 0 Å². The number of benzene rings is 1. The van der Waals surface area contributed by atoms with Crippen LogP contribution in [0.5, 0.6) is 0 Å². The Balaban J connectivity index is 2.56. The van der Waals surface area contributed by atoms with Gasteiger partial charge in [-0.15, -0.1) is 0 Å². The monoisotopic (exact) mass is 171 g/mol. The SMILES string of the molecule is O=[C]N1C=CN=Cc2ccccc21. The van der Waals surface area contributed by atoms with E-state index in [0.717, 1.165) is 11.3 Å². The second-order valence-corrected chi connectivity index (χ2v) is 2.60. The predicted octanol–water partition coefficient (Wildman–Crippen LogP) is 1.46. The molecule has 0 fully saturated rings. The summed E-state index contributed by atoms with van der Waals surface area (Å²) in [5.41, 5.74) is 1.71. The summed E-state index contributed by atoms with van der Waals surface area (Å²) in [6.45, 7) is 0. The van der Waals surface area contributed by atoms with Crippen LogP contribution in [0.15, 0.2) is 41.7 Å². The third-order valence-electron chi connectivity index (χ3n) is 1.81. The summed E-state index contributed by atoms with van der Waals surface area (Å²) in [6, 6.07) is 7.52. The van der Waals surface area contributed by atoms with Gasteiger partial charge in [0.2, 0.25) is 0 Å². The summed E-state index contributed by atoms with van der Waals surface area (Å²) in [4.78, 5) is 15.9. The molecule has 3 heteroatoms. The Morgan fingerprint density at radius 2 is 2.15 bits per heavy atom. The van der Waals surface area contributed by atoms with Crippen molar-refractivity contribution in [3.63, 3.8) is 0 Å². The maximum atomic E-state index is 10.6. The highest BCUT2D eigenvalue weighted by Crippen LogP contribution is 2.19. The van der Waals surface area contributed by atoms with Gasteiger partial charge in [0.05, 0.1) is 5.69 Å². The summed E-state index contributed by atoms with van der Waals surface area (Å²) in [7, 11) is 0. The Bertz CT molecular complexity index is 382. The van der Waals surface area contributed by atoms with E-state index in [1.807, 2.05) is 30.7 Å². The molecule has 0 aliphatic carbocycles. The van der Waals surface area contributed by atoms with Crippen LogP contribution in [-0.4, -0.2) is 12.6 Å². The van der Waals surface area contributed by atoms with E-state index in [9.17, 15) is 4.79 Å². The summed E-state index contributed by atoms with van der Waals surface area (Å²) in [6.07, 6.45) is 6.67. The lowest BCUT2D eigenvalue weighted by Gasteiger charge is -2.11. The van der Waals surface area contributed by atoms with Gasteiger partial charge in [-0.2, -0.15) is 0 Å². The zero-order chi connectivity index (χ0) is 9.10. The molecule has 13 heavy (non-hydrogen) atoms. The van der Waals surface area contributed by atoms with Crippen LogP contribution in [0.2, 0.25) is 0 Å². The molecule has 0 atom stereocenters. The topological polar surface area (TPSA) is 32.7 Å². The van der Waals surface area contributed by atoms with Crippen molar-refractivity contribution in [1.29, 1.82) is 0 Å². The van der Waals surface area contributed by atoms with Gasteiger partial charge in [0.1, 0.15) is 0 Å². The highest BCUT2D eigenvalue weighted by atomic mass is 16.1. The number of nitrogens with zero attached hydrogens (tertiary/aromatic N) is 2. The number of amides is 1. The number of fused-ring (bicyclic) bond motifs is 1. The maximum Gasteiger partial charge on any atom is 0.321 e.